The van der Waals surface area contributed by atoms with Gasteiger partial charge >= 0.3 is 0 Å². The van der Waals surface area contributed by atoms with E-state index in [0.29, 0.717) is 0 Å². The average Bonchev–Trinajstić information content (AvgIpc) is 2.15. The number of aromatic nitrogens is 2. The lowest BCUT2D eigenvalue weighted by Gasteiger charge is -1.99. The van der Waals surface area contributed by atoms with Crippen LogP contribution in [0.5, 0.6) is 0 Å². The van der Waals surface area contributed by atoms with Gasteiger partial charge in [0.15, 0.2) is 0 Å². The first kappa shape index (κ1) is 8.83. The molecule has 0 aliphatic heterocycles. The molecule has 12 heavy (non-hydrogen) atoms. The molecule has 1 rings (SSSR count). The molecule has 0 bridgehead atoms. The fourth-order valence-electron chi connectivity index (χ4n) is 0.730. The molecule has 0 saturated heterocycles. The molecule has 0 aliphatic rings. The van der Waals surface area contributed by atoms with Crippen molar-refractivity contribution in [1.82, 2.24) is 9.97 Å². The molecule has 0 fully saturated rings. The molecule has 0 unspecified atom stereocenters. The molecule has 0 saturated carbocycles. The molecular weight excluding hydrogens is 174 g/mol. The summed E-state index contributed by atoms with van der Waals surface area (Å²) in [5, 5.41) is 3.43. The van der Waals surface area contributed by atoms with Crippen LogP contribution >= 0.6 is 11.8 Å². The predicted octanol–water partition coefficient (Wildman–Crippen LogP) is 2.01. The first-order valence-electron chi connectivity index (χ1n) is 3.22. The number of azide groups is 1. The molecule has 5 nitrogen and oxygen atoms in total. The topological polar surface area (TPSA) is 74.5 Å². The van der Waals surface area contributed by atoms with Crippen molar-refractivity contribution in [1.29, 1.82) is 0 Å². The summed E-state index contributed by atoms with van der Waals surface area (Å²) in [5.41, 5.74) is 8.87. The predicted molar refractivity (Wildman–Crippen MR) is 46.7 cm³/mol. The lowest BCUT2D eigenvalue weighted by Crippen LogP contribution is -1.91. The first-order chi connectivity index (χ1) is 5.88. The molecule has 1 heterocycles. The van der Waals surface area contributed by atoms with Crippen molar-refractivity contribution in [2.24, 2.45) is 5.11 Å². The lowest BCUT2D eigenvalue weighted by atomic mass is 10.4. The molecule has 0 aromatic carbocycles. The Labute approximate surface area is 73.9 Å². The maximum atomic E-state index is 8.10. The molecule has 0 aliphatic carbocycles. The van der Waals surface area contributed by atoms with Crippen molar-refractivity contribution in [3.8, 4) is 0 Å². The zero-order chi connectivity index (χ0) is 8.81. The van der Waals surface area contributed by atoms with Gasteiger partial charge in [0.1, 0.15) is 6.33 Å². The normalized spacial score (nSPS) is 9.08. The van der Waals surface area contributed by atoms with Crippen LogP contribution in [-0.2, 0) is 6.54 Å². The van der Waals surface area contributed by atoms with E-state index in [-0.39, 0.29) is 6.54 Å². The van der Waals surface area contributed by atoms with Gasteiger partial charge < -0.3 is 0 Å². The number of rotatable bonds is 3. The van der Waals surface area contributed by atoms with E-state index >= 15 is 0 Å². The van der Waals surface area contributed by atoms with Crippen LogP contribution in [0.4, 0.5) is 0 Å². The first-order valence-corrected chi connectivity index (χ1v) is 4.44. The fourth-order valence-corrected chi connectivity index (χ4v) is 1.25. The Morgan fingerprint density at radius 2 is 2.58 bits per heavy atom. The molecule has 0 N–H and O–H groups in total. The molecule has 62 valence electrons. The van der Waals surface area contributed by atoms with E-state index in [2.05, 4.69) is 20.0 Å². The number of thioether (sulfide) groups is 1. The standard InChI is InChI=1S/C6H7N5S/c1-12-6-3-8-4-9-5(6)2-10-11-7/h3-4H,2H2,1H3. The van der Waals surface area contributed by atoms with Gasteiger partial charge in [0, 0.05) is 16.0 Å². The number of hydrogen-bond donors (Lipinski definition) is 0. The van der Waals surface area contributed by atoms with Gasteiger partial charge in [0.2, 0.25) is 0 Å². The molecule has 0 amide bonds. The van der Waals surface area contributed by atoms with E-state index in [1.807, 2.05) is 6.26 Å². The summed E-state index contributed by atoms with van der Waals surface area (Å²) in [4.78, 5) is 11.5. The van der Waals surface area contributed by atoms with Gasteiger partial charge in [-0.2, -0.15) is 0 Å². The number of hydrogen-bond acceptors (Lipinski definition) is 4. The van der Waals surface area contributed by atoms with Gasteiger partial charge in [-0.1, -0.05) is 5.11 Å². The maximum absolute atomic E-state index is 8.10. The molecule has 0 atom stereocenters. The highest BCUT2D eigenvalue weighted by molar-refractivity contribution is 7.98. The van der Waals surface area contributed by atoms with Crippen LogP contribution in [0.3, 0.4) is 0 Å². The maximum Gasteiger partial charge on any atom is 0.115 e. The van der Waals surface area contributed by atoms with Gasteiger partial charge in [0.25, 0.3) is 0 Å². The minimum absolute atomic E-state index is 0.287. The van der Waals surface area contributed by atoms with Crippen molar-refractivity contribution in [3.63, 3.8) is 0 Å². The van der Waals surface area contributed by atoms with Crippen molar-refractivity contribution in [2.75, 3.05) is 6.26 Å². The quantitative estimate of drug-likeness (QED) is 0.310. The number of nitrogens with zero attached hydrogens (tertiary/aromatic N) is 5. The van der Waals surface area contributed by atoms with E-state index in [1.54, 1.807) is 6.20 Å². The Bertz CT molecular complexity index is 307. The largest absolute Gasteiger partial charge is 0.244 e. The molecule has 1 aromatic rings. The molecule has 1 aromatic heterocycles. The summed E-state index contributed by atoms with van der Waals surface area (Å²) >= 11 is 1.54. The van der Waals surface area contributed by atoms with Gasteiger partial charge in [-0.25, -0.2) is 9.97 Å². The smallest absolute Gasteiger partial charge is 0.115 e. The summed E-state index contributed by atoms with van der Waals surface area (Å²) in [6.07, 6.45) is 5.08. The minimum Gasteiger partial charge on any atom is -0.244 e. The van der Waals surface area contributed by atoms with E-state index < -0.39 is 0 Å². The van der Waals surface area contributed by atoms with E-state index in [0.717, 1.165) is 10.6 Å². The highest BCUT2D eigenvalue weighted by atomic mass is 32.2. The third-order valence-electron chi connectivity index (χ3n) is 1.26. The summed E-state index contributed by atoms with van der Waals surface area (Å²) < 4.78 is 0. The van der Waals surface area contributed by atoms with Crippen molar-refractivity contribution in [3.05, 3.63) is 28.7 Å². The molecule has 0 spiro atoms. The van der Waals surface area contributed by atoms with Crippen LogP contribution in [0.1, 0.15) is 5.69 Å². The Kier molecular flexibility index (Phi) is 3.37. The molecule has 0 radical (unpaired) electrons. The van der Waals surface area contributed by atoms with Crippen molar-refractivity contribution < 1.29 is 0 Å². The van der Waals surface area contributed by atoms with Gasteiger partial charge in [-0.15, -0.1) is 11.8 Å². The van der Waals surface area contributed by atoms with Gasteiger partial charge in [-0.3, -0.25) is 0 Å². The van der Waals surface area contributed by atoms with Crippen molar-refractivity contribution >= 4 is 11.8 Å². The van der Waals surface area contributed by atoms with Crippen LogP contribution in [-0.4, -0.2) is 16.2 Å². The Balaban J connectivity index is 2.88. The third kappa shape index (κ3) is 2.11. The Hall–Kier alpha value is -1.26. The van der Waals surface area contributed by atoms with E-state index in [9.17, 15) is 0 Å². The van der Waals surface area contributed by atoms with Crippen molar-refractivity contribution in [2.45, 2.75) is 11.4 Å². The molecule has 6 heteroatoms. The minimum atomic E-state index is 0.287. The summed E-state index contributed by atoms with van der Waals surface area (Å²) in [7, 11) is 0. The summed E-state index contributed by atoms with van der Waals surface area (Å²) in [5.74, 6) is 0. The average molecular weight is 181 g/mol. The van der Waals surface area contributed by atoms with Gasteiger partial charge in [0.05, 0.1) is 12.2 Å². The SMILES string of the molecule is CSc1cncnc1CN=[N+]=[N-]. The van der Waals surface area contributed by atoms with Crippen LogP contribution in [0.2, 0.25) is 0 Å². The van der Waals surface area contributed by atoms with E-state index in [4.69, 9.17) is 5.53 Å². The fraction of sp³-hybridized carbons (Fsp3) is 0.333. The third-order valence-corrected chi connectivity index (χ3v) is 2.04. The van der Waals surface area contributed by atoms with Crippen LogP contribution in [0, 0.1) is 0 Å². The Morgan fingerprint density at radius 1 is 1.75 bits per heavy atom. The monoisotopic (exact) mass is 181 g/mol. The zero-order valence-corrected chi connectivity index (χ0v) is 7.32. The van der Waals surface area contributed by atoms with Crippen LogP contribution < -0.4 is 0 Å². The van der Waals surface area contributed by atoms with Crippen LogP contribution in [0.25, 0.3) is 10.4 Å². The van der Waals surface area contributed by atoms with Crippen LogP contribution in [0.15, 0.2) is 22.5 Å². The Morgan fingerprint density at radius 3 is 3.25 bits per heavy atom. The second-order valence-corrected chi connectivity index (χ2v) is 2.77. The molecular formula is C6H7N5S. The van der Waals surface area contributed by atoms with Gasteiger partial charge in [-0.05, 0) is 11.8 Å². The summed E-state index contributed by atoms with van der Waals surface area (Å²) in [6, 6.07) is 0. The highest BCUT2D eigenvalue weighted by Crippen LogP contribution is 2.16. The zero-order valence-electron chi connectivity index (χ0n) is 6.51. The summed E-state index contributed by atoms with van der Waals surface area (Å²) in [6.45, 7) is 0.287. The highest BCUT2D eigenvalue weighted by Gasteiger charge is 1.99. The lowest BCUT2D eigenvalue weighted by molar-refractivity contribution is 0.904. The second kappa shape index (κ2) is 4.58. The second-order valence-electron chi connectivity index (χ2n) is 1.93. The van der Waals surface area contributed by atoms with E-state index in [1.165, 1.54) is 18.1 Å².